The Kier molecular flexibility index (Phi) is 7.38. The van der Waals surface area contributed by atoms with Crippen molar-refractivity contribution < 1.29 is 14.6 Å². The van der Waals surface area contributed by atoms with E-state index in [2.05, 4.69) is 16.0 Å². The van der Waals surface area contributed by atoms with Gasteiger partial charge < -0.3 is 25.8 Å². The number of carbonyl (C=O) groups is 1. The number of halogens is 3. The van der Waals surface area contributed by atoms with Gasteiger partial charge in [-0.2, -0.15) is 0 Å². The number of phenols is 1. The molecule has 1 unspecified atom stereocenters. The molecule has 0 aliphatic rings. The van der Waals surface area contributed by atoms with Crippen LogP contribution in [0.5, 0.6) is 11.5 Å². The van der Waals surface area contributed by atoms with Crippen molar-refractivity contribution in [3.63, 3.8) is 0 Å². The number of amides is 1. The van der Waals surface area contributed by atoms with E-state index in [0.717, 1.165) is 0 Å². The lowest BCUT2D eigenvalue weighted by Crippen LogP contribution is -2.56. The Hall–Kier alpha value is -1.93. The molecular weight excluding hydrogens is 433 g/mol. The summed E-state index contributed by atoms with van der Waals surface area (Å²) in [5.41, 5.74) is 0.705. The molecule has 2 aromatic carbocycles. The van der Waals surface area contributed by atoms with Gasteiger partial charge in [-0.25, -0.2) is 0 Å². The third-order valence-electron chi connectivity index (χ3n) is 3.38. The average Bonchev–Trinajstić information content (AvgIpc) is 2.62. The normalized spacial score (nSPS) is 12.0. The van der Waals surface area contributed by atoms with Crippen LogP contribution in [0.3, 0.4) is 0 Å². The lowest BCUT2D eigenvalue weighted by Gasteiger charge is -2.28. The lowest BCUT2D eigenvalue weighted by atomic mass is 10.2. The quantitative estimate of drug-likeness (QED) is 0.241. The van der Waals surface area contributed by atoms with Gasteiger partial charge >= 0.3 is 0 Å². The molecule has 0 saturated heterocycles. The van der Waals surface area contributed by atoms with Crippen LogP contribution in [-0.4, -0.2) is 33.2 Å². The summed E-state index contributed by atoms with van der Waals surface area (Å²) < 4.78 is 3.15. The molecule has 0 radical (unpaired) electrons. The monoisotopic (exact) mass is 447 g/mol. The number of phenolic OH excluding ortho intramolecular Hbond substituents is 1. The highest BCUT2D eigenvalue weighted by Gasteiger charge is 2.35. The molecule has 1 atom stereocenters. The van der Waals surface area contributed by atoms with Crippen LogP contribution in [0.2, 0.25) is 0 Å². The number of hydrogen-bond donors (Lipinski definition) is 4. The van der Waals surface area contributed by atoms with Gasteiger partial charge in [0, 0.05) is 5.56 Å². The average molecular weight is 449 g/mol. The highest BCUT2D eigenvalue weighted by atomic mass is 35.6. The molecule has 10 heteroatoms. The smallest absolute Gasteiger partial charge is 0.252 e. The molecule has 6 nitrogen and oxygen atoms in total. The summed E-state index contributed by atoms with van der Waals surface area (Å²) in [6, 6.07) is 12.9. The van der Waals surface area contributed by atoms with Crippen molar-refractivity contribution in [3.8, 4) is 11.5 Å². The van der Waals surface area contributed by atoms with Crippen LogP contribution >= 0.6 is 47.0 Å². The fourth-order valence-electron chi connectivity index (χ4n) is 2.03. The van der Waals surface area contributed by atoms with E-state index in [1.807, 2.05) is 0 Å². The van der Waals surface area contributed by atoms with Crippen molar-refractivity contribution in [2.45, 2.75) is 9.96 Å². The Balaban J connectivity index is 2.07. The number of nitrogens with one attached hydrogen (secondary N) is 3. The van der Waals surface area contributed by atoms with Crippen molar-refractivity contribution in [1.29, 1.82) is 0 Å². The Morgan fingerprint density at radius 1 is 1.11 bits per heavy atom. The first-order valence-corrected chi connectivity index (χ1v) is 9.12. The first-order chi connectivity index (χ1) is 12.7. The SMILES string of the molecule is COc1ccc(C(=O)NC(NC(=S)Nc2ccccc2O)C(Cl)(Cl)Cl)cc1. The minimum atomic E-state index is -1.90. The van der Waals surface area contributed by atoms with Gasteiger partial charge in [-0.3, -0.25) is 4.79 Å². The summed E-state index contributed by atoms with van der Waals surface area (Å²) in [6.45, 7) is 0. The van der Waals surface area contributed by atoms with Crippen LogP contribution in [0.25, 0.3) is 0 Å². The number of methoxy groups -OCH3 is 1. The van der Waals surface area contributed by atoms with E-state index >= 15 is 0 Å². The Morgan fingerprint density at radius 2 is 1.74 bits per heavy atom. The van der Waals surface area contributed by atoms with Gasteiger partial charge in [-0.15, -0.1) is 0 Å². The minimum Gasteiger partial charge on any atom is -0.506 e. The predicted octanol–water partition coefficient (Wildman–Crippen LogP) is 3.81. The zero-order chi connectivity index (χ0) is 20.0. The number of alkyl halides is 3. The van der Waals surface area contributed by atoms with Gasteiger partial charge in [0.2, 0.25) is 3.79 Å². The molecule has 1 amide bonds. The number of para-hydroxylation sites is 2. The predicted molar refractivity (Wildman–Crippen MR) is 112 cm³/mol. The molecule has 0 aliphatic heterocycles. The summed E-state index contributed by atoms with van der Waals surface area (Å²) in [5.74, 6) is 0.122. The van der Waals surface area contributed by atoms with E-state index in [9.17, 15) is 9.90 Å². The fraction of sp³-hybridized carbons (Fsp3) is 0.176. The van der Waals surface area contributed by atoms with Crippen molar-refractivity contribution in [2.75, 3.05) is 12.4 Å². The first kappa shape index (κ1) is 21.4. The standard InChI is InChI=1S/C17H16Cl3N3O3S/c1-26-11-8-6-10(7-9-11)14(25)22-15(17(18,19)20)23-16(27)21-12-4-2-3-5-13(12)24/h2-9,15,24H,1H3,(H,22,25)(H2,21,23,27). The van der Waals surface area contributed by atoms with Crippen LogP contribution < -0.4 is 20.7 Å². The third kappa shape index (κ3) is 6.32. The number of ether oxygens (including phenoxy) is 1. The molecule has 0 saturated carbocycles. The second-order valence-electron chi connectivity index (χ2n) is 5.29. The summed E-state index contributed by atoms with van der Waals surface area (Å²) >= 11 is 23.0. The maximum atomic E-state index is 12.4. The van der Waals surface area contributed by atoms with E-state index in [1.54, 1.807) is 42.5 Å². The molecule has 0 aliphatic carbocycles. The number of hydrogen-bond acceptors (Lipinski definition) is 4. The topological polar surface area (TPSA) is 82.6 Å². The molecule has 4 N–H and O–H groups in total. The van der Waals surface area contributed by atoms with Crippen LogP contribution in [-0.2, 0) is 0 Å². The van der Waals surface area contributed by atoms with Gasteiger partial charge in [0.15, 0.2) is 5.11 Å². The summed E-state index contributed by atoms with van der Waals surface area (Å²) in [5, 5.41) is 17.9. The molecule has 2 aromatic rings. The van der Waals surface area contributed by atoms with Crippen molar-refractivity contribution >= 4 is 63.7 Å². The highest BCUT2D eigenvalue weighted by Crippen LogP contribution is 2.29. The van der Waals surface area contributed by atoms with Gasteiger partial charge in [0.25, 0.3) is 5.91 Å². The van der Waals surface area contributed by atoms with Gasteiger partial charge in [0.05, 0.1) is 12.8 Å². The molecule has 2 rings (SSSR count). The molecule has 27 heavy (non-hydrogen) atoms. The number of thiocarbonyl (C=S) groups is 1. The third-order valence-corrected chi connectivity index (χ3v) is 4.26. The van der Waals surface area contributed by atoms with E-state index in [-0.39, 0.29) is 10.9 Å². The van der Waals surface area contributed by atoms with Gasteiger partial charge in [-0.1, -0.05) is 46.9 Å². The lowest BCUT2D eigenvalue weighted by molar-refractivity contribution is 0.0934. The summed E-state index contributed by atoms with van der Waals surface area (Å²) in [4.78, 5) is 12.4. The van der Waals surface area contributed by atoms with Crippen LogP contribution in [0.15, 0.2) is 48.5 Å². The number of anilines is 1. The molecule has 0 spiro atoms. The van der Waals surface area contributed by atoms with E-state index in [1.165, 1.54) is 13.2 Å². The van der Waals surface area contributed by atoms with Crippen molar-refractivity contribution in [2.24, 2.45) is 0 Å². The molecule has 0 fully saturated rings. The second-order valence-corrected chi connectivity index (χ2v) is 8.07. The fourth-order valence-corrected chi connectivity index (χ4v) is 2.58. The van der Waals surface area contributed by atoms with Crippen molar-refractivity contribution in [3.05, 3.63) is 54.1 Å². The zero-order valence-electron chi connectivity index (χ0n) is 14.0. The van der Waals surface area contributed by atoms with Crippen molar-refractivity contribution in [1.82, 2.24) is 10.6 Å². The molecule has 0 bridgehead atoms. The van der Waals surface area contributed by atoms with Crippen LogP contribution in [0.4, 0.5) is 5.69 Å². The number of carbonyl (C=O) groups excluding carboxylic acids is 1. The Bertz CT molecular complexity index is 813. The van der Waals surface area contributed by atoms with E-state index < -0.39 is 15.9 Å². The summed E-state index contributed by atoms with van der Waals surface area (Å²) in [6.07, 6.45) is -1.14. The van der Waals surface area contributed by atoms with Crippen LogP contribution in [0.1, 0.15) is 10.4 Å². The maximum absolute atomic E-state index is 12.4. The number of benzene rings is 2. The number of rotatable bonds is 5. The largest absolute Gasteiger partial charge is 0.506 e. The molecule has 0 heterocycles. The second kappa shape index (κ2) is 9.32. The van der Waals surface area contributed by atoms with Gasteiger partial charge in [0.1, 0.15) is 17.7 Å². The first-order valence-electron chi connectivity index (χ1n) is 7.58. The Labute approximate surface area is 176 Å². The highest BCUT2D eigenvalue weighted by molar-refractivity contribution is 7.80. The zero-order valence-corrected chi connectivity index (χ0v) is 17.1. The van der Waals surface area contributed by atoms with E-state index in [4.69, 9.17) is 51.8 Å². The number of aromatic hydroxyl groups is 1. The molecule has 0 aromatic heterocycles. The van der Waals surface area contributed by atoms with E-state index in [0.29, 0.717) is 17.0 Å². The molecule has 144 valence electrons. The molecular formula is C17H16Cl3N3O3S. The minimum absolute atomic E-state index is 0.00523. The maximum Gasteiger partial charge on any atom is 0.252 e. The Morgan fingerprint density at radius 3 is 2.30 bits per heavy atom. The van der Waals surface area contributed by atoms with Gasteiger partial charge in [-0.05, 0) is 48.6 Å². The summed E-state index contributed by atoms with van der Waals surface area (Å²) in [7, 11) is 1.52. The van der Waals surface area contributed by atoms with Crippen LogP contribution in [0, 0.1) is 0 Å².